The van der Waals surface area contributed by atoms with Crippen molar-refractivity contribution in [2.24, 2.45) is 0 Å². The van der Waals surface area contributed by atoms with Gasteiger partial charge in [-0.2, -0.15) is 0 Å². The van der Waals surface area contributed by atoms with Gasteiger partial charge in [-0.15, -0.1) is 0 Å². The lowest BCUT2D eigenvalue weighted by atomic mass is 10.1. The molecule has 0 fully saturated rings. The fraction of sp³-hybridized carbons (Fsp3) is 0.182. The van der Waals surface area contributed by atoms with Gasteiger partial charge in [0.1, 0.15) is 5.69 Å². The van der Waals surface area contributed by atoms with E-state index in [9.17, 15) is 4.79 Å². The minimum atomic E-state index is -0.0284. The highest BCUT2D eigenvalue weighted by Gasteiger charge is 2.19. The fourth-order valence-corrected chi connectivity index (χ4v) is 3.43. The summed E-state index contributed by atoms with van der Waals surface area (Å²) in [4.78, 5) is 23.0. The Morgan fingerprint density at radius 1 is 0.962 bits per heavy atom. The molecule has 26 heavy (non-hydrogen) atoms. The summed E-state index contributed by atoms with van der Waals surface area (Å²) in [6.07, 6.45) is 0. The number of fused-ring (bicyclic) bond motifs is 3. The van der Waals surface area contributed by atoms with Crippen LogP contribution < -0.4 is 0 Å². The summed E-state index contributed by atoms with van der Waals surface area (Å²) in [5.41, 5.74) is 4.32. The monoisotopic (exact) mass is 343 g/mol. The van der Waals surface area contributed by atoms with Crippen LogP contribution in [-0.4, -0.2) is 33.9 Å². The van der Waals surface area contributed by atoms with Gasteiger partial charge in [-0.05, 0) is 26.0 Å². The van der Waals surface area contributed by atoms with E-state index >= 15 is 0 Å². The van der Waals surface area contributed by atoms with E-state index in [1.165, 1.54) is 0 Å². The highest BCUT2D eigenvalue weighted by atomic mass is 16.2. The topological polar surface area (TPSA) is 49.0 Å². The molecule has 4 rings (SSSR count). The van der Waals surface area contributed by atoms with E-state index in [1.54, 1.807) is 4.90 Å². The third-order valence-corrected chi connectivity index (χ3v) is 4.81. The molecule has 0 radical (unpaired) electrons. The Labute approximate surface area is 152 Å². The number of hydrogen-bond acceptors (Lipinski definition) is 2. The van der Waals surface area contributed by atoms with Crippen LogP contribution in [0.4, 0.5) is 0 Å². The minimum absolute atomic E-state index is 0.0284. The summed E-state index contributed by atoms with van der Waals surface area (Å²) in [5.74, 6) is -0.0284. The van der Waals surface area contributed by atoms with Crippen LogP contribution in [0.25, 0.3) is 33.1 Å². The van der Waals surface area contributed by atoms with Crippen LogP contribution in [0.1, 0.15) is 24.3 Å². The molecule has 0 aliphatic rings. The van der Waals surface area contributed by atoms with Gasteiger partial charge in [-0.3, -0.25) is 4.79 Å². The second kappa shape index (κ2) is 6.64. The third-order valence-electron chi connectivity index (χ3n) is 4.81. The lowest BCUT2D eigenvalue weighted by Crippen LogP contribution is -2.31. The van der Waals surface area contributed by atoms with Crippen molar-refractivity contribution in [2.75, 3.05) is 13.1 Å². The number of hydrogen-bond donors (Lipinski definition) is 1. The van der Waals surface area contributed by atoms with E-state index in [2.05, 4.69) is 17.1 Å². The Balaban J connectivity index is 2.03. The van der Waals surface area contributed by atoms with Crippen LogP contribution in [0.5, 0.6) is 0 Å². The summed E-state index contributed by atoms with van der Waals surface area (Å²) in [7, 11) is 0. The molecule has 1 N–H and O–H groups in total. The summed E-state index contributed by atoms with van der Waals surface area (Å²) < 4.78 is 0. The van der Waals surface area contributed by atoms with E-state index < -0.39 is 0 Å². The average molecular weight is 343 g/mol. The van der Waals surface area contributed by atoms with Crippen molar-refractivity contribution in [1.82, 2.24) is 14.9 Å². The van der Waals surface area contributed by atoms with Gasteiger partial charge < -0.3 is 9.88 Å². The minimum Gasteiger partial charge on any atom is -0.353 e. The van der Waals surface area contributed by atoms with Gasteiger partial charge in [0.25, 0.3) is 5.91 Å². The quantitative estimate of drug-likeness (QED) is 0.575. The zero-order chi connectivity index (χ0) is 18.1. The van der Waals surface area contributed by atoms with E-state index in [0.717, 1.165) is 33.1 Å². The molecular formula is C22H21N3O. The lowest BCUT2D eigenvalue weighted by Gasteiger charge is -2.18. The number of nitrogens with one attached hydrogen (secondary N) is 1. The maximum absolute atomic E-state index is 12.9. The molecule has 130 valence electrons. The number of nitrogens with zero attached hydrogens (tertiary/aromatic N) is 2. The fourth-order valence-electron chi connectivity index (χ4n) is 3.43. The second-order valence-electron chi connectivity index (χ2n) is 6.29. The van der Waals surface area contributed by atoms with E-state index in [4.69, 9.17) is 4.98 Å². The lowest BCUT2D eigenvalue weighted by molar-refractivity contribution is 0.0767. The highest BCUT2D eigenvalue weighted by Crippen LogP contribution is 2.32. The summed E-state index contributed by atoms with van der Waals surface area (Å²) in [6, 6.07) is 20.1. The van der Waals surface area contributed by atoms with Crippen LogP contribution in [-0.2, 0) is 0 Å². The van der Waals surface area contributed by atoms with E-state index in [-0.39, 0.29) is 5.91 Å². The zero-order valence-corrected chi connectivity index (χ0v) is 15.0. The van der Waals surface area contributed by atoms with Gasteiger partial charge in [0.05, 0.1) is 11.2 Å². The Bertz CT molecular complexity index is 1080. The first kappa shape index (κ1) is 16.3. The first-order valence-electron chi connectivity index (χ1n) is 8.99. The van der Waals surface area contributed by atoms with Gasteiger partial charge in [0, 0.05) is 34.9 Å². The van der Waals surface area contributed by atoms with E-state index in [1.807, 2.05) is 62.4 Å². The number of carbonyl (C=O) groups excluding carboxylic acids is 1. The average Bonchev–Trinajstić information content (AvgIpc) is 3.07. The van der Waals surface area contributed by atoms with Gasteiger partial charge in [0.15, 0.2) is 0 Å². The Morgan fingerprint density at radius 3 is 2.38 bits per heavy atom. The first-order chi connectivity index (χ1) is 12.7. The maximum atomic E-state index is 12.9. The molecular weight excluding hydrogens is 322 g/mol. The zero-order valence-electron chi connectivity index (χ0n) is 15.0. The largest absolute Gasteiger partial charge is 0.353 e. The van der Waals surface area contributed by atoms with E-state index in [0.29, 0.717) is 18.8 Å². The number of pyridine rings is 1. The number of aromatic nitrogens is 2. The van der Waals surface area contributed by atoms with Crippen molar-refractivity contribution in [3.05, 3.63) is 66.4 Å². The molecule has 0 saturated carbocycles. The number of benzene rings is 2. The molecule has 0 spiro atoms. The summed E-state index contributed by atoms with van der Waals surface area (Å²) >= 11 is 0. The standard InChI is InChI=1S/C22H21N3O/c1-3-25(4-2)22(26)19-14-17-16-12-8-9-13-18(16)23-21(17)20(24-19)15-10-6-5-7-11-15/h5-14,23H,3-4H2,1-2H3. The molecule has 2 aromatic carbocycles. The molecule has 0 atom stereocenters. The smallest absolute Gasteiger partial charge is 0.272 e. The number of amides is 1. The van der Waals surface area contributed by atoms with Crippen molar-refractivity contribution in [3.63, 3.8) is 0 Å². The molecule has 0 aliphatic heterocycles. The number of aromatic amines is 1. The predicted molar refractivity (Wildman–Crippen MR) is 106 cm³/mol. The van der Waals surface area contributed by atoms with Crippen molar-refractivity contribution in [3.8, 4) is 11.3 Å². The van der Waals surface area contributed by atoms with Crippen LogP contribution >= 0.6 is 0 Å². The Morgan fingerprint density at radius 2 is 1.65 bits per heavy atom. The van der Waals surface area contributed by atoms with Crippen LogP contribution in [0.2, 0.25) is 0 Å². The normalized spacial score (nSPS) is 11.2. The first-order valence-corrected chi connectivity index (χ1v) is 8.99. The summed E-state index contributed by atoms with van der Waals surface area (Å²) in [6.45, 7) is 5.32. The van der Waals surface area contributed by atoms with Gasteiger partial charge >= 0.3 is 0 Å². The van der Waals surface area contributed by atoms with Gasteiger partial charge in [-0.1, -0.05) is 48.5 Å². The molecule has 2 aromatic heterocycles. The molecule has 4 aromatic rings. The van der Waals surface area contributed by atoms with Crippen molar-refractivity contribution in [1.29, 1.82) is 0 Å². The number of carbonyl (C=O) groups is 1. The van der Waals surface area contributed by atoms with Crippen LogP contribution in [0, 0.1) is 0 Å². The van der Waals surface area contributed by atoms with Crippen molar-refractivity contribution in [2.45, 2.75) is 13.8 Å². The van der Waals surface area contributed by atoms with Crippen LogP contribution in [0.3, 0.4) is 0 Å². The molecule has 1 amide bonds. The highest BCUT2D eigenvalue weighted by molar-refractivity contribution is 6.13. The Kier molecular flexibility index (Phi) is 4.17. The molecule has 0 bridgehead atoms. The van der Waals surface area contributed by atoms with Crippen LogP contribution in [0.15, 0.2) is 60.7 Å². The SMILES string of the molecule is CCN(CC)C(=O)c1cc2c([nH]c3ccccc32)c(-c2ccccc2)n1. The Hall–Kier alpha value is -3.14. The number of para-hydroxylation sites is 1. The van der Waals surface area contributed by atoms with Gasteiger partial charge in [-0.25, -0.2) is 4.98 Å². The number of rotatable bonds is 4. The molecule has 0 unspecified atom stereocenters. The molecule has 2 heterocycles. The van der Waals surface area contributed by atoms with Crippen molar-refractivity contribution < 1.29 is 4.79 Å². The second-order valence-corrected chi connectivity index (χ2v) is 6.29. The molecule has 0 saturated heterocycles. The summed E-state index contributed by atoms with van der Waals surface area (Å²) in [5, 5.41) is 2.14. The predicted octanol–water partition coefficient (Wildman–Crippen LogP) is 4.87. The van der Waals surface area contributed by atoms with Crippen molar-refractivity contribution >= 4 is 27.7 Å². The third kappa shape index (κ3) is 2.64. The molecule has 4 heteroatoms. The molecule has 0 aliphatic carbocycles. The van der Waals surface area contributed by atoms with Gasteiger partial charge in [0.2, 0.25) is 0 Å². The number of H-pyrrole nitrogens is 1. The maximum Gasteiger partial charge on any atom is 0.272 e. The molecule has 4 nitrogen and oxygen atoms in total.